The van der Waals surface area contributed by atoms with Crippen LogP contribution in [0.5, 0.6) is 0 Å². The predicted octanol–water partition coefficient (Wildman–Crippen LogP) is 1.09. The van der Waals surface area contributed by atoms with Crippen LogP contribution in [0.25, 0.3) is 0 Å². The summed E-state index contributed by atoms with van der Waals surface area (Å²) in [6.45, 7) is 3.05. The van der Waals surface area contributed by atoms with E-state index >= 15 is 0 Å². The highest BCUT2D eigenvalue weighted by molar-refractivity contribution is 6.07. The summed E-state index contributed by atoms with van der Waals surface area (Å²) in [5.41, 5.74) is 0.0239. The van der Waals surface area contributed by atoms with E-state index in [4.69, 9.17) is 0 Å². The number of rotatable bonds is 2. The Kier molecular flexibility index (Phi) is 4.95. The molecule has 4 heterocycles. The molecule has 8 heteroatoms. The van der Waals surface area contributed by atoms with E-state index in [1.165, 1.54) is 6.42 Å². The normalized spacial score (nSPS) is 21.5. The maximum Gasteiger partial charge on any atom is 0.254 e. The molecule has 1 aromatic rings. The van der Waals surface area contributed by atoms with Crippen LogP contribution in [0, 0.1) is 0 Å². The fraction of sp³-hybridized carbons (Fsp3) is 0.600. The van der Waals surface area contributed by atoms with E-state index in [-0.39, 0.29) is 11.8 Å². The van der Waals surface area contributed by atoms with Crippen LogP contribution >= 0.6 is 0 Å². The molecule has 150 valence electrons. The molecule has 2 amide bonds. The fourth-order valence-corrected chi connectivity index (χ4v) is 4.16. The molecular weight excluding hydrogens is 356 g/mol. The summed E-state index contributed by atoms with van der Waals surface area (Å²) in [7, 11) is 3.75. The third-order valence-corrected chi connectivity index (χ3v) is 5.94. The van der Waals surface area contributed by atoms with Crippen molar-refractivity contribution in [2.24, 2.45) is 4.99 Å². The number of carbonyl (C=O) groups excluding carboxylic acids is 2. The zero-order valence-corrected chi connectivity index (χ0v) is 16.6. The second-order valence-corrected chi connectivity index (χ2v) is 8.06. The molecule has 3 aliphatic rings. The van der Waals surface area contributed by atoms with Gasteiger partial charge in [0, 0.05) is 52.0 Å². The van der Waals surface area contributed by atoms with Gasteiger partial charge in [-0.05, 0) is 44.2 Å². The minimum absolute atomic E-state index is 0.0159. The second kappa shape index (κ2) is 7.41. The number of piperidine rings is 2. The first-order valence-electron chi connectivity index (χ1n) is 10.1. The van der Waals surface area contributed by atoms with Crippen LogP contribution in [0.4, 0.5) is 5.82 Å². The van der Waals surface area contributed by atoms with Crippen molar-refractivity contribution in [3.63, 3.8) is 0 Å². The molecule has 1 aromatic heterocycles. The lowest BCUT2D eigenvalue weighted by molar-refractivity contribution is -0.124. The van der Waals surface area contributed by atoms with Crippen molar-refractivity contribution in [1.29, 1.82) is 0 Å². The van der Waals surface area contributed by atoms with Crippen molar-refractivity contribution in [3.8, 4) is 0 Å². The molecule has 4 rings (SSSR count). The van der Waals surface area contributed by atoms with Crippen molar-refractivity contribution in [3.05, 3.63) is 23.9 Å². The number of anilines is 1. The summed E-state index contributed by atoms with van der Waals surface area (Å²) < 4.78 is 0. The summed E-state index contributed by atoms with van der Waals surface area (Å²) in [4.78, 5) is 40.3. The molecule has 0 unspecified atom stereocenters. The maximum absolute atomic E-state index is 12.8. The minimum atomic E-state index is -0.669. The number of likely N-dealkylation sites (tertiary alicyclic amines) is 1. The Labute approximate surface area is 165 Å². The highest BCUT2D eigenvalue weighted by atomic mass is 16.2. The number of carbonyl (C=O) groups is 2. The summed E-state index contributed by atoms with van der Waals surface area (Å²) >= 11 is 0. The molecule has 0 aliphatic carbocycles. The Morgan fingerprint density at radius 1 is 1.14 bits per heavy atom. The van der Waals surface area contributed by atoms with Crippen molar-refractivity contribution in [2.75, 3.05) is 45.2 Å². The lowest BCUT2D eigenvalue weighted by Gasteiger charge is -2.36. The molecule has 0 aromatic carbocycles. The van der Waals surface area contributed by atoms with Crippen LogP contribution in [-0.4, -0.2) is 78.4 Å². The molecule has 1 N–H and O–H groups in total. The monoisotopic (exact) mass is 384 g/mol. The predicted molar refractivity (Wildman–Crippen MR) is 107 cm³/mol. The Morgan fingerprint density at radius 2 is 1.86 bits per heavy atom. The number of hydrogen-bond donors (Lipinski definition) is 1. The van der Waals surface area contributed by atoms with Crippen LogP contribution in [0.2, 0.25) is 0 Å². The van der Waals surface area contributed by atoms with E-state index in [9.17, 15) is 9.59 Å². The number of nitrogens with one attached hydrogen (secondary N) is 1. The summed E-state index contributed by atoms with van der Waals surface area (Å²) in [5, 5.41) is 2.88. The Morgan fingerprint density at radius 3 is 2.50 bits per heavy atom. The maximum atomic E-state index is 12.8. The summed E-state index contributed by atoms with van der Waals surface area (Å²) in [5.74, 6) is 1.50. The Bertz CT molecular complexity index is 792. The highest BCUT2D eigenvalue weighted by Gasteiger charge is 2.46. The van der Waals surface area contributed by atoms with Gasteiger partial charge in [0.05, 0.1) is 0 Å². The van der Waals surface area contributed by atoms with Gasteiger partial charge in [0.1, 0.15) is 11.4 Å². The highest BCUT2D eigenvalue weighted by Crippen LogP contribution is 2.32. The lowest BCUT2D eigenvalue weighted by Crippen LogP contribution is -2.49. The van der Waals surface area contributed by atoms with Crippen LogP contribution in [-0.2, 0) is 4.79 Å². The van der Waals surface area contributed by atoms with E-state index in [0.717, 1.165) is 31.7 Å². The number of nitrogens with zero attached hydrogens (tertiary/aromatic N) is 5. The molecule has 0 saturated carbocycles. The molecule has 28 heavy (non-hydrogen) atoms. The molecule has 2 fully saturated rings. The number of guanidine groups is 1. The van der Waals surface area contributed by atoms with Crippen molar-refractivity contribution in [1.82, 2.24) is 20.1 Å². The van der Waals surface area contributed by atoms with Gasteiger partial charge in [-0.3, -0.25) is 14.9 Å². The van der Waals surface area contributed by atoms with Gasteiger partial charge in [-0.25, -0.2) is 9.98 Å². The number of aliphatic imine (C=N–C) groups is 1. The van der Waals surface area contributed by atoms with Gasteiger partial charge in [0.2, 0.25) is 5.96 Å². The van der Waals surface area contributed by atoms with Gasteiger partial charge in [0.25, 0.3) is 11.8 Å². The molecule has 8 nitrogen and oxygen atoms in total. The quantitative estimate of drug-likeness (QED) is 0.826. The SMILES string of the molecule is CN(C)C1=NC2(CCN(c3cc(C(=O)N4CCCCC4)ccn3)CC2)C(=O)N1. The van der Waals surface area contributed by atoms with E-state index in [2.05, 4.69) is 20.2 Å². The Balaban J connectivity index is 1.45. The molecule has 1 spiro atoms. The largest absolute Gasteiger partial charge is 0.356 e. The topological polar surface area (TPSA) is 81.1 Å². The first kappa shape index (κ1) is 18.7. The first-order chi connectivity index (χ1) is 13.5. The zero-order valence-electron chi connectivity index (χ0n) is 16.6. The number of pyridine rings is 1. The second-order valence-electron chi connectivity index (χ2n) is 8.06. The number of amides is 2. The average Bonchev–Trinajstić information content (AvgIpc) is 3.05. The third kappa shape index (κ3) is 3.43. The van der Waals surface area contributed by atoms with E-state index < -0.39 is 5.54 Å². The van der Waals surface area contributed by atoms with Crippen molar-refractivity contribution < 1.29 is 9.59 Å². The van der Waals surface area contributed by atoms with Gasteiger partial charge in [-0.1, -0.05) is 0 Å². The van der Waals surface area contributed by atoms with Crippen LogP contribution in [0.15, 0.2) is 23.3 Å². The van der Waals surface area contributed by atoms with E-state index in [1.807, 2.05) is 30.0 Å². The van der Waals surface area contributed by atoms with Crippen molar-refractivity contribution >= 4 is 23.6 Å². The van der Waals surface area contributed by atoms with E-state index in [0.29, 0.717) is 37.5 Å². The average molecular weight is 384 g/mol. The minimum Gasteiger partial charge on any atom is -0.356 e. The zero-order chi connectivity index (χ0) is 19.7. The Hall–Kier alpha value is -2.64. The van der Waals surface area contributed by atoms with Gasteiger partial charge < -0.3 is 14.7 Å². The standard InChI is InChI=1S/C20H28N6O2/c1-24(2)19-22-18(28)20(23-19)7-12-25(13-8-20)16-14-15(6-9-21-16)17(27)26-10-4-3-5-11-26/h6,9,14H,3-5,7-8,10-13H2,1-2H3,(H,22,23,28). The molecule has 2 saturated heterocycles. The number of hydrogen-bond acceptors (Lipinski definition) is 6. The van der Waals surface area contributed by atoms with E-state index in [1.54, 1.807) is 12.3 Å². The van der Waals surface area contributed by atoms with Crippen molar-refractivity contribution in [2.45, 2.75) is 37.6 Å². The summed E-state index contributed by atoms with van der Waals surface area (Å²) in [6.07, 6.45) is 6.35. The molecule has 0 radical (unpaired) electrons. The number of aromatic nitrogens is 1. The summed E-state index contributed by atoms with van der Waals surface area (Å²) in [6, 6.07) is 3.68. The van der Waals surface area contributed by atoms with Crippen LogP contribution in [0.1, 0.15) is 42.5 Å². The van der Waals surface area contributed by atoms with Crippen LogP contribution < -0.4 is 10.2 Å². The molecule has 3 aliphatic heterocycles. The molecule has 0 atom stereocenters. The van der Waals surface area contributed by atoms with Gasteiger partial charge in [-0.15, -0.1) is 0 Å². The van der Waals surface area contributed by atoms with Gasteiger partial charge >= 0.3 is 0 Å². The smallest absolute Gasteiger partial charge is 0.254 e. The third-order valence-electron chi connectivity index (χ3n) is 5.94. The fourth-order valence-electron chi connectivity index (χ4n) is 4.16. The van der Waals surface area contributed by atoms with Crippen LogP contribution in [0.3, 0.4) is 0 Å². The lowest BCUT2D eigenvalue weighted by atomic mass is 9.88. The molecule has 0 bridgehead atoms. The van der Waals surface area contributed by atoms with Gasteiger partial charge in [0.15, 0.2) is 0 Å². The van der Waals surface area contributed by atoms with Gasteiger partial charge in [-0.2, -0.15) is 0 Å². The first-order valence-corrected chi connectivity index (χ1v) is 10.1. The molecular formula is C20H28N6O2.